The van der Waals surface area contributed by atoms with E-state index < -0.39 is 12.0 Å². The Morgan fingerprint density at radius 3 is 2.73 bits per heavy atom. The number of carboxylic acids is 1. The topological polar surface area (TPSA) is 83.6 Å². The number of carbonyl (C=O) groups is 2. The molecule has 1 aromatic heterocycles. The average molecular weight is 354 g/mol. The Labute approximate surface area is 151 Å². The van der Waals surface area contributed by atoms with E-state index in [0.29, 0.717) is 23.9 Å². The first kappa shape index (κ1) is 16.8. The first-order valence-corrected chi connectivity index (χ1v) is 9.17. The zero-order valence-electron chi connectivity index (χ0n) is 14.5. The van der Waals surface area contributed by atoms with Crippen LogP contribution >= 0.6 is 0 Å². The number of fused-ring (bicyclic) bond motifs is 1. The third-order valence-corrected chi connectivity index (χ3v) is 5.57. The number of nitrogens with zero attached hydrogens (tertiary/aromatic N) is 2. The molecule has 1 saturated heterocycles. The number of hydrogen-bond acceptors (Lipinski definition) is 4. The number of amides is 1. The van der Waals surface area contributed by atoms with E-state index in [9.17, 15) is 14.7 Å². The van der Waals surface area contributed by atoms with Crippen LogP contribution in [0.15, 0.2) is 41.0 Å². The summed E-state index contributed by atoms with van der Waals surface area (Å²) in [4.78, 5) is 30.6. The van der Waals surface area contributed by atoms with Crippen molar-refractivity contribution >= 4 is 11.9 Å². The lowest BCUT2D eigenvalue weighted by atomic mass is 9.84. The van der Waals surface area contributed by atoms with E-state index in [1.54, 1.807) is 4.90 Å². The Morgan fingerprint density at radius 1 is 1.19 bits per heavy atom. The molecular formula is C20H22N2O4. The monoisotopic (exact) mass is 354 g/mol. The molecule has 2 heterocycles. The fraction of sp³-hybridized carbons (Fsp3) is 0.450. The van der Waals surface area contributed by atoms with Gasteiger partial charge in [-0.15, -0.1) is 0 Å². The lowest BCUT2D eigenvalue weighted by Gasteiger charge is -2.32. The van der Waals surface area contributed by atoms with E-state index in [-0.39, 0.29) is 18.4 Å². The highest BCUT2D eigenvalue weighted by Gasteiger charge is 2.47. The fourth-order valence-corrected chi connectivity index (χ4v) is 4.39. The Bertz CT molecular complexity index is 801. The van der Waals surface area contributed by atoms with Crippen molar-refractivity contribution in [3.8, 4) is 11.5 Å². The maximum Gasteiger partial charge on any atom is 0.326 e. The van der Waals surface area contributed by atoms with Gasteiger partial charge in [0.25, 0.3) is 0 Å². The molecule has 2 aliphatic rings. The van der Waals surface area contributed by atoms with E-state index in [4.69, 9.17) is 4.42 Å². The summed E-state index contributed by atoms with van der Waals surface area (Å²) in [5.74, 6) is -0.288. The number of benzene rings is 1. The van der Waals surface area contributed by atoms with Gasteiger partial charge in [0.15, 0.2) is 0 Å². The second-order valence-electron chi connectivity index (χ2n) is 7.19. The number of hydrogen-bond donors (Lipinski definition) is 1. The van der Waals surface area contributed by atoms with Crippen molar-refractivity contribution < 1.29 is 19.1 Å². The van der Waals surface area contributed by atoms with Crippen molar-refractivity contribution in [1.82, 2.24) is 9.88 Å². The summed E-state index contributed by atoms with van der Waals surface area (Å²) in [7, 11) is 0. The van der Waals surface area contributed by atoms with Gasteiger partial charge in [-0.2, -0.15) is 0 Å². The van der Waals surface area contributed by atoms with Crippen LogP contribution in [0, 0.1) is 5.92 Å². The lowest BCUT2D eigenvalue weighted by molar-refractivity contribution is -0.149. The van der Waals surface area contributed by atoms with E-state index >= 15 is 0 Å². The Balaban J connectivity index is 1.52. The summed E-state index contributed by atoms with van der Waals surface area (Å²) in [6, 6.07) is 8.84. The number of likely N-dealkylation sites (tertiary alicyclic amines) is 1. The predicted octanol–water partition coefficient (Wildman–Crippen LogP) is 3.13. The molecule has 6 nitrogen and oxygen atoms in total. The molecule has 26 heavy (non-hydrogen) atoms. The van der Waals surface area contributed by atoms with Gasteiger partial charge in [-0.1, -0.05) is 31.0 Å². The van der Waals surface area contributed by atoms with Gasteiger partial charge in [-0.05, 0) is 37.3 Å². The van der Waals surface area contributed by atoms with Crippen LogP contribution in [-0.4, -0.2) is 39.0 Å². The molecule has 3 unspecified atom stereocenters. The van der Waals surface area contributed by atoms with Crippen molar-refractivity contribution in [1.29, 1.82) is 0 Å². The van der Waals surface area contributed by atoms with Crippen molar-refractivity contribution in [2.75, 3.05) is 0 Å². The largest absolute Gasteiger partial charge is 0.480 e. The normalized spacial score (nSPS) is 25.1. The summed E-state index contributed by atoms with van der Waals surface area (Å²) in [6.45, 7) is 0. The van der Waals surface area contributed by atoms with Gasteiger partial charge in [0.2, 0.25) is 11.8 Å². The summed E-state index contributed by atoms with van der Waals surface area (Å²) in [5.41, 5.74) is 1.39. The molecule has 0 radical (unpaired) electrons. The van der Waals surface area contributed by atoms with E-state index in [0.717, 1.165) is 31.2 Å². The number of aromatic nitrogens is 1. The van der Waals surface area contributed by atoms with E-state index in [1.807, 2.05) is 30.3 Å². The molecule has 3 atom stereocenters. The van der Waals surface area contributed by atoms with Crippen molar-refractivity contribution in [2.45, 2.75) is 50.6 Å². The highest BCUT2D eigenvalue weighted by Crippen LogP contribution is 2.40. The van der Waals surface area contributed by atoms with E-state index in [2.05, 4.69) is 4.98 Å². The Morgan fingerprint density at radius 2 is 1.96 bits per heavy atom. The molecule has 2 fully saturated rings. The van der Waals surface area contributed by atoms with Crippen LogP contribution in [0.3, 0.4) is 0 Å². The number of oxazole rings is 1. The molecule has 1 aliphatic carbocycles. The van der Waals surface area contributed by atoms with Gasteiger partial charge >= 0.3 is 5.97 Å². The highest BCUT2D eigenvalue weighted by atomic mass is 16.4. The predicted molar refractivity (Wildman–Crippen MR) is 94.3 cm³/mol. The zero-order valence-corrected chi connectivity index (χ0v) is 14.5. The first-order chi connectivity index (χ1) is 12.6. The van der Waals surface area contributed by atoms with Gasteiger partial charge in [-0.25, -0.2) is 9.78 Å². The zero-order chi connectivity index (χ0) is 18.1. The van der Waals surface area contributed by atoms with Crippen LogP contribution in [0.25, 0.3) is 11.5 Å². The maximum absolute atomic E-state index is 12.9. The van der Waals surface area contributed by atoms with Gasteiger partial charge in [-0.3, -0.25) is 4.79 Å². The van der Waals surface area contributed by atoms with Crippen LogP contribution in [-0.2, 0) is 16.0 Å². The lowest BCUT2D eigenvalue weighted by Crippen LogP contribution is -2.46. The summed E-state index contributed by atoms with van der Waals surface area (Å²) >= 11 is 0. The minimum atomic E-state index is -0.905. The van der Waals surface area contributed by atoms with Crippen molar-refractivity contribution in [2.24, 2.45) is 5.92 Å². The van der Waals surface area contributed by atoms with Crippen molar-refractivity contribution in [3.63, 3.8) is 0 Å². The molecule has 1 N–H and O–H groups in total. The summed E-state index contributed by atoms with van der Waals surface area (Å²) in [6.07, 6.45) is 6.22. The van der Waals surface area contributed by atoms with Gasteiger partial charge < -0.3 is 14.4 Å². The van der Waals surface area contributed by atoms with Gasteiger partial charge in [0.1, 0.15) is 12.3 Å². The van der Waals surface area contributed by atoms with Crippen LogP contribution in [0.4, 0.5) is 0 Å². The number of aliphatic carboxylic acids is 1. The Hall–Kier alpha value is -2.63. The standard InChI is InChI=1S/C20H22N2O4/c23-18(11-15-12-26-19(21-15)13-6-2-1-3-7-13)22-16-9-5-4-8-14(16)10-17(22)20(24)25/h1-3,6-7,12,14,16-17H,4-5,8-11H2,(H,24,25). The van der Waals surface area contributed by atoms with Crippen molar-refractivity contribution in [3.05, 3.63) is 42.3 Å². The minimum absolute atomic E-state index is 0.0536. The van der Waals surface area contributed by atoms with Crippen LogP contribution in [0.2, 0.25) is 0 Å². The summed E-state index contributed by atoms with van der Waals surface area (Å²) in [5, 5.41) is 9.57. The van der Waals surface area contributed by atoms with E-state index in [1.165, 1.54) is 6.26 Å². The summed E-state index contributed by atoms with van der Waals surface area (Å²) < 4.78 is 5.50. The molecular weight excluding hydrogens is 332 g/mol. The van der Waals surface area contributed by atoms with Gasteiger partial charge in [0, 0.05) is 11.6 Å². The molecule has 0 spiro atoms. The molecule has 0 bridgehead atoms. The molecule has 1 aliphatic heterocycles. The number of rotatable bonds is 4. The van der Waals surface area contributed by atoms with Crippen LogP contribution in [0.5, 0.6) is 0 Å². The molecule has 1 aromatic carbocycles. The molecule has 1 saturated carbocycles. The maximum atomic E-state index is 12.9. The van der Waals surface area contributed by atoms with Gasteiger partial charge in [0.05, 0.1) is 12.1 Å². The van der Waals surface area contributed by atoms with Crippen LogP contribution in [0.1, 0.15) is 37.8 Å². The quantitative estimate of drug-likeness (QED) is 0.912. The smallest absolute Gasteiger partial charge is 0.326 e. The molecule has 4 rings (SSSR count). The molecule has 6 heteroatoms. The third kappa shape index (κ3) is 3.11. The third-order valence-electron chi connectivity index (χ3n) is 5.57. The van der Waals surface area contributed by atoms with Crippen LogP contribution < -0.4 is 0 Å². The Kier molecular flexibility index (Phi) is 4.49. The number of carbonyl (C=O) groups excluding carboxylic acids is 1. The second-order valence-corrected chi connectivity index (χ2v) is 7.19. The fourth-order valence-electron chi connectivity index (χ4n) is 4.39. The highest BCUT2D eigenvalue weighted by molar-refractivity contribution is 5.86. The first-order valence-electron chi connectivity index (χ1n) is 9.17. The molecule has 2 aromatic rings. The molecule has 136 valence electrons. The molecule has 1 amide bonds. The minimum Gasteiger partial charge on any atom is -0.480 e. The second kappa shape index (κ2) is 6.94. The average Bonchev–Trinajstić information content (AvgIpc) is 3.27. The SMILES string of the molecule is O=C(O)C1CC2CCCCC2N1C(=O)Cc1coc(-c2ccccc2)n1. The number of carboxylic acid groups (broad SMARTS) is 1.